The molecule has 1 heterocycles. The summed E-state index contributed by atoms with van der Waals surface area (Å²) >= 11 is 2.05. The molecule has 0 bridgehead atoms. The highest BCUT2D eigenvalue weighted by Crippen LogP contribution is 2.47. The van der Waals surface area contributed by atoms with Gasteiger partial charge in [-0.3, -0.25) is 0 Å². The molecule has 0 radical (unpaired) electrons. The molecule has 0 aromatic heterocycles. The molecule has 3 heteroatoms. The van der Waals surface area contributed by atoms with Crippen LogP contribution in [0.25, 0.3) is 0 Å². The minimum absolute atomic E-state index is 0.436. The van der Waals surface area contributed by atoms with Crippen molar-refractivity contribution in [2.24, 2.45) is 5.73 Å². The Morgan fingerprint density at radius 3 is 2.85 bits per heavy atom. The Labute approximate surface area is 85.2 Å². The van der Waals surface area contributed by atoms with Crippen LogP contribution in [0.3, 0.4) is 0 Å². The van der Waals surface area contributed by atoms with E-state index in [2.05, 4.69) is 22.9 Å². The van der Waals surface area contributed by atoms with E-state index in [1.807, 2.05) is 0 Å². The molecule has 2 rings (SSSR count). The summed E-state index contributed by atoms with van der Waals surface area (Å²) in [4.78, 5) is 2.57. The Morgan fingerprint density at radius 2 is 2.31 bits per heavy atom. The van der Waals surface area contributed by atoms with Crippen LogP contribution in [0.4, 0.5) is 0 Å². The minimum atomic E-state index is 0.436. The lowest BCUT2D eigenvalue weighted by atomic mass is 10.1. The second-order valence-electron chi connectivity index (χ2n) is 4.52. The lowest BCUT2D eigenvalue weighted by Crippen LogP contribution is -2.45. The number of nitrogens with zero attached hydrogens (tertiary/aromatic N) is 1. The number of rotatable bonds is 3. The normalized spacial score (nSPS) is 33.2. The number of piperidine rings is 1. The number of nitrogens with two attached hydrogens (primary N) is 1. The maximum Gasteiger partial charge on any atom is 0.0285 e. The van der Waals surface area contributed by atoms with E-state index in [1.54, 1.807) is 0 Å². The average Bonchev–Trinajstić information content (AvgIpc) is 2.86. The second-order valence-corrected chi connectivity index (χ2v) is 5.80. The van der Waals surface area contributed by atoms with E-state index in [9.17, 15) is 0 Å². The zero-order valence-corrected chi connectivity index (χ0v) is 9.28. The van der Waals surface area contributed by atoms with E-state index in [-0.39, 0.29) is 0 Å². The lowest BCUT2D eigenvalue weighted by Gasteiger charge is -2.33. The third-order valence-electron chi connectivity index (χ3n) is 3.29. The molecule has 1 atom stereocenters. The Kier molecular flexibility index (Phi) is 2.86. The summed E-state index contributed by atoms with van der Waals surface area (Å²) in [6.07, 6.45) is 7.60. The van der Waals surface area contributed by atoms with E-state index in [1.165, 1.54) is 38.8 Å². The van der Waals surface area contributed by atoms with Crippen LogP contribution in [0.5, 0.6) is 0 Å². The molecular weight excluding hydrogens is 180 g/mol. The molecule has 2 nitrogen and oxygen atoms in total. The molecule has 2 fully saturated rings. The summed E-state index contributed by atoms with van der Waals surface area (Å²) in [5, 5.41) is 0. The topological polar surface area (TPSA) is 29.3 Å². The van der Waals surface area contributed by atoms with Crippen molar-refractivity contribution in [3.63, 3.8) is 0 Å². The number of hydrogen-bond acceptors (Lipinski definition) is 3. The Bertz CT molecular complexity index is 180. The molecule has 0 aromatic rings. The minimum Gasteiger partial charge on any atom is -0.327 e. The van der Waals surface area contributed by atoms with Crippen molar-refractivity contribution in [3.05, 3.63) is 0 Å². The van der Waals surface area contributed by atoms with Crippen LogP contribution in [0.1, 0.15) is 25.7 Å². The first kappa shape index (κ1) is 9.81. The fraction of sp³-hybridized carbons (Fsp3) is 1.00. The van der Waals surface area contributed by atoms with Crippen LogP contribution in [0.2, 0.25) is 0 Å². The van der Waals surface area contributed by atoms with E-state index in [0.717, 1.165) is 6.54 Å². The van der Waals surface area contributed by atoms with Crippen LogP contribution in [0, 0.1) is 0 Å². The molecule has 1 saturated carbocycles. The Balaban J connectivity index is 1.80. The van der Waals surface area contributed by atoms with Gasteiger partial charge >= 0.3 is 0 Å². The molecule has 1 aliphatic carbocycles. The molecule has 2 N–H and O–H groups in total. The van der Waals surface area contributed by atoms with Crippen molar-refractivity contribution in [1.82, 2.24) is 4.90 Å². The van der Waals surface area contributed by atoms with Crippen LogP contribution in [-0.2, 0) is 0 Å². The quantitative estimate of drug-likeness (QED) is 0.745. The largest absolute Gasteiger partial charge is 0.327 e. The predicted molar refractivity (Wildman–Crippen MR) is 59.1 cm³/mol. The Hall–Kier alpha value is 0.270. The van der Waals surface area contributed by atoms with Gasteiger partial charge in [-0.25, -0.2) is 0 Å². The molecule has 13 heavy (non-hydrogen) atoms. The second kappa shape index (κ2) is 3.79. The molecule has 0 amide bonds. The van der Waals surface area contributed by atoms with Gasteiger partial charge in [0.15, 0.2) is 0 Å². The van der Waals surface area contributed by atoms with E-state index >= 15 is 0 Å². The van der Waals surface area contributed by atoms with Crippen molar-refractivity contribution in [2.75, 3.05) is 25.9 Å². The van der Waals surface area contributed by atoms with Crippen molar-refractivity contribution < 1.29 is 0 Å². The third-order valence-corrected chi connectivity index (χ3v) is 4.70. The summed E-state index contributed by atoms with van der Waals surface area (Å²) in [7, 11) is 0. The molecule has 76 valence electrons. The molecule has 1 aliphatic heterocycles. The average molecular weight is 200 g/mol. The number of thioether (sulfide) groups is 1. The summed E-state index contributed by atoms with van der Waals surface area (Å²) in [6, 6.07) is 0.436. The van der Waals surface area contributed by atoms with Crippen molar-refractivity contribution in [1.29, 1.82) is 0 Å². The zero-order chi connectivity index (χ0) is 9.31. The van der Waals surface area contributed by atoms with Crippen LogP contribution < -0.4 is 5.73 Å². The van der Waals surface area contributed by atoms with Crippen molar-refractivity contribution in [2.45, 2.75) is 36.5 Å². The summed E-state index contributed by atoms with van der Waals surface area (Å²) in [6.45, 7) is 3.68. The van der Waals surface area contributed by atoms with Crippen LogP contribution in [0.15, 0.2) is 0 Å². The molecule has 0 aromatic carbocycles. The maximum atomic E-state index is 5.96. The monoisotopic (exact) mass is 200 g/mol. The van der Waals surface area contributed by atoms with Gasteiger partial charge in [0.05, 0.1) is 0 Å². The number of hydrogen-bond donors (Lipinski definition) is 1. The summed E-state index contributed by atoms with van der Waals surface area (Å²) in [5.74, 6) is 0. The summed E-state index contributed by atoms with van der Waals surface area (Å²) in [5.41, 5.74) is 5.96. The zero-order valence-electron chi connectivity index (χ0n) is 8.46. The van der Waals surface area contributed by atoms with Gasteiger partial charge in [-0.2, -0.15) is 11.8 Å². The third kappa shape index (κ3) is 2.39. The standard InChI is InChI=1S/C10H20N2S/c1-13-10(4-5-10)8-12-6-2-3-9(11)7-12/h9H,2-8,11H2,1H3. The highest BCUT2D eigenvalue weighted by atomic mass is 32.2. The van der Waals surface area contributed by atoms with Crippen molar-refractivity contribution in [3.8, 4) is 0 Å². The van der Waals surface area contributed by atoms with Gasteiger partial charge in [0.1, 0.15) is 0 Å². The van der Waals surface area contributed by atoms with Gasteiger partial charge in [0, 0.05) is 23.9 Å². The predicted octanol–water partition coefficient (Wildman–Crippen LogP) is 1.31. The van der Waals surface area contributed by atoms with Crippen LogP contribution >= 0.6 is 11.8 Å². The van der Waals surface area contributed by atoms with Crippen molar-refractivity contribution >= 4 is 11.8 Å². The SMILES string of the molecule is CSC1(CN2CCCC(N)C2)CC1. The first-order valence-corrected chi connectivity index (χ1v) is 6.50. The lowest BCUT2D eigenvalue weighted by molar-refractivity contribution is 0.207. The van der Waals surface area contributed by atoms with E-state index in [4.69, 9.17) is 5.73 Å². The molecule has 2 aliphatic rings. The van der Waals surface area contributed by atoms with Gasteiger partial charge in [-0.05, 0) is 38.5 Å². The van der Waals surface area contributed by atoms with E-state index < -0.39 is 0 Å². The highest BCUT2D eigenvalue weighted by Gasteiger charge is 2.43. The first-order chi connectivity index (χ1) is 6.24. The molecular formula is C10H20N2S. The highest BCUT2D eigenvalue weighted by molar-refractivity contribution is 8.00. The smallest absolute Gasteiger partial charge is 0.0285 e. The van der Waals surface area contributed by atoms with Gasteiger partial charge in [-0.15, -0.1) is 0 Å². The molecule has 0 spiro atoms. The van der Waals surface area contributed by atoms with Gasteiger partial charge in [-0.1, -0.05) is 0 Å². The van der Waals surface area contributed by atoms with Gasteiger partial charge in [0.2, 0.25) is 0 Å². The number of likely N-dealkylation sites (tertiary alicyclic amines) is 1. The summed E-state index contributed by atoms with van der Waals surface area (Å²) < 4.78 is 0.622. The fourth-order valence-electron chi connectivity index (χ4n) is 2.21. The molecule has 1 saturated heterocycles. The fourth-order valence-corrected chi connectivity index (χ4v) is 3.03. The van der Waals surface area contributed by atoms with Gasteiger partial charge < -0.3 is 10.6 Å². The molecule has 1 unspecified atom stereocenters. The maximum absolute atomic E-state index is 5.96. The van der Waals surface area contributed by atoms with Crippen LogP contribution in [-0.4, -0.2) is 41.6 Å². The Morgan fingerprint density at radius 1 is 1.54 bits per heavy atom. The first-order valence-electron chi connectivity index (χ1n) is 5.27. The van der Waals surface area contributed by atoms with E-state index in [0.29, 0.717) is 10.8 Å². The van der Waals surface area contributed by atoms with Gasteiger partial charge in [0.25, 0.3) is 0 Å².